The molecule has 0 radical (unpaired) electrons. The number of oxazole rings is 1. The zero-order valence-corrected chi connectivity index (χ0v) is 9.66. The highest BCUT2D eigenvalue weighted by Gasteiger charge is 2.05. The van der Waals surface area contributed by atoms with Crippen molar-refractivity contribution in [3.8, 4) is 0 Å². The highest BCUT2D eigenvalue weighted by atomic mass is 16.4. The highest BCUT2D eigenvalue weighted by Crippen LogP contribution is 2.20. The monoisotopic (exact) mass is 219 g/mol. The number of fused-ring (bicyclic) bond motifs is 1. The van der Waals surface area contributed by atoms with Crippen LogP contribution in [0.1, 0.15) is 20.3 Å². The lowest BCUT2D eigenvalue weighted by Crippen LogP contribution is -2.04. The van der Waals surface area contributed by atoms with Crippen LogP contribution in [0.5, 0.6) is 0 Å². The fraction of sp³-hybridized carbons (Fsp3) is 0.417. The Hall–Kier alpha value is -1.71. The number of hydrogen-bond acceptors (Lipinski definition) is 4. The Balaban J connectivity index is 2.08. The van der Waals surface area contributed by atoms with Crippen LogP contribution >= 0.6 is 0 Å². The third kappa shape index (κ3) is 2.45. The van der Waals surface area contributed by atoms with E-state index >= 15 is 0 Å². The van der Waals surface area contributed by atoms with E-state index in [1.165, 1.54) is 0 Å². The topological polar surface area (TPSA) is 64.1 Å². The van der Waals surface area contributed by atoms with Crippen molar-refractivity contribution < 1.29 is 4.42 Å². The number of benzene rings is 1. The van der Waals surface area contributed by atoms with Crippen LogP contribution in [-0.4, -0.2) is 11.5 Å². The van der Waals surface area contributed by atoms with Gasteiger partial charge in [0.15, 0.2) is 5.58 Å². The second-order valence-electron chi connectivity index (χ2n) is 4.36. The molecular formula is C12H17N3O. The molecule has 1 aromatic carbocycles. The third-order valence-electron chi connectivity index (χ3n) is 2.41. The average molecular weight is 219 g/mol. The SMILES string of the molecule is CC(C)CCNc1nc2cc(N)ccc2o1. The van der Waals surface area contributed by atoms with Gasteiger partial charge < -0.3 is 15.5 Å². The smallest absolute Gasteiger partial charge is 0.295 e. The molecule has 0 aliphatic rings. The highest BCUT2D eigenvalue weighted by molar-refractivity contribution is 5.78. The van der Waals surface area contributed by atoms with Crippen LogP contribution in [0.2, 0.25) is 0 Å². The van der Waals surface area contributed by atoms with Gasteiger partial charge >= 0.3 is 0 Å². The van der Waals surface area contributed by atoms with Gasteiger partial charge in [-0.1, -0.05) is 13.8 Å². The minimum Gasteiger partial charge on any atom is -0.424 e. The summed E-state index contributed by atoms with van der Waals surface area (Å²) in [6.07, 6.45) is 1.10. The van der Waals surface area contributed by atoms with Gasteiger partial charge in [0.1, 0.15) is 5.52 Å². The maximum Gasteiger partial charge on any atom is 0.295 e. The first-order chi connectivity index (χ1) is 7.65. The first-order valence-corrected chi connectivity index (χ1v) is 5.55. The molecule has 1 heterocycles. The summed E-state index contributed by atoms with van der Waals surface area (Å²) in [5.41, 5.74) is 7.94. The molecule has 4 nitrogen and oxygen atoms in total. The Labute approximate surface area is 94.8 Å². The maximum absolute atomic E-state index is 5.67. The van der Waals surface area contributed by atoms with Gasteiger partial charge in [0.05, 0.1) is 0 Å². The van der Waals surface area contributed by atoms with Crippen molar-refractivity contribution in [3.05, 3.63) is 18.2 Å². The van der Waals surface area contributed by atoms with E-state index < -0.39 is 0 Å². The van der Waals surface area contributed by atoms with Crippen LogP contribution in [0.15, 0.2) is 22.6 Å². The molecule has 0 saturated heterocycles. The van der Waals surface area contributed by atoms with Gasteiger partial charge in [0.25, 0.3) is 6.01 Å². The maximum atomic E-state index is 5.67. The molecule has 0 unspecified atom stereocenters. The van der Waals surface area contributed by atoms with Crippen molar-refractivity contribution in [2.75, 3.05) is 17.6 Å². The summed E-state index contributed by atoms with van der Waals surface area (Å²) in [7, 11) is 0. The summed E-state index contributed by atoms with van der Waals surface area (Å²) >= 11 is 0. The molecule has 3 N–H and O–H groups in total. The molecule has 0 bridgehead atoms. The van der Waals surface area contributed by atoms with Crippen LogP contribution in [0.4, 0.5) is 11.7 Å². The number of nitrogens with one attached hydrogen (secondary N) is 1. The van der Waals surface area contributed by atoms with E-state index in [4.69, 9.17) is 10.2 Å². The summed E-state index contributed by atoms with van der Waals surface area (Å²) in [4.78, 5) is 4.31. The predicted octanol–water partition coefficient (Wildman–Crippen LogP) is 2.87. The molecule has 86 valence electrons. The van der Waals surface area contributed by atoms with Crippen LogP contribution in [0.3, 0.4) is 0 Å². The van der Waals surface area contributed by atoms with Crippen molar-refractivity contribution >= 4 is 22.8 Å². The normalized spacial score (nSPS) is 11.2. The Morgan fingerprint density at radius 1 is 1.44 bits per heavy atom. The molecule has 0 spiro atoms. The van der Waals surface area contributed by atoms with Crippen molar-refractivity contribution in [2.45, 2.75) is 20.3 Å². The lowest BCUT2D eigenvalue weighted by molar-refractivity contribution is 0.580. The van der Waals surface area contributed by atoms with Crippen LogP contribution in [0, 0.1) is 5.92 Å². The Kier molecular flexibility index (Phi) is 2.99. The molecule has 16 heavy (non-hydrogen) atoms. The van der Waals surface area contributed by atoms with Gasteiger partial charge in [-0.3, -0.25) is 0 Å². The molecule has 0 saturated carbocycles. The van der Waals surface area contributed by atoms with E-state index in [-0.39, 0.29) is 0 Å². The summed E-state index contributed by atoms with van der Waals surface area (Å²) in [5, 5.41) is 3.17. The van der Waals surface area contributed by atoms with Crippen LogP contribution < -0.4 is 11.1 Å². The van der Waals surface area contributed by atoms with Gasteiger partial charge in [0, 0.05) is 12.2 Å². The van der Waals surface area contributed by atoms with E-state index in [1.807, 2.05) is 18.2 Å². The number of hydrogen-bond donors (Lipinski definition) is 2. The summed E-state index contributed by atoms with van der Waals surface area (Å²) in [6.45, 7) is 5.25. The molecule has 4 heteroatoms. The number of anilines is 2. The Bertz CT molecular complexity index is 476. The van der Waals surface area contributed by atoms with Gasteiger partial charge in [-0.15, -0.1) is 0 Å². The zero-order valence-electron chi connectivity index (χ0n) is 9.66. The molecule has 0 fully saturated rings. The molecule has 0 atom stereocenters. The quantitative estimate of drug-likeness (QED) is 0.776. The molecular weight excluding hydrogens is 202 g/mol. The molecule has 2 rings (SSSR count). The molecule has 1 aromatic heterocycles. The number of nitrogen functional groups attached to an aromatic ring is 1. The van der Waals surface area contributed by atoms with E-state index in [9.17, 15) is 0 Å². The van der Waals surface area contributed by atoms with Crippen LogP contribution in [0.25, 0.3) is 11.1 Å². The minimum absolute atomic E-state index is 0.571. The predicted molar refractivity (Wildman–Crippen MR) is 66.4 cm³/mol. The second-order valence-corrected chi connectivity index (χ2v) is 4.36. The summed E-state index contributed by atoms with van der Waals surface area (Å²) in [6, 6.07) is 6.03. The number of nitrogens with zero attached hydrogens (tertiary/aromatic N) is 1. The van der Waals surface area contributed by atoms with Crippen molar-refractivity contribution in [1.82, 2.24) is 4.98 Å². The Morgan fingerprint density at radius 2 is 2.25 bits per heavy atom. The fourth-order valence-corrected chi connectivity index (χ4v) is 1.49. The van der Waals surface area contributed by atoms with Crippen molar-refractivity contribution in [2.24, 2.45) is 5.92 Å². The van der Waals surface area contributed by atoms with Crippen molar-refractivity contribution in [3.63, 3.8) is 0 Å². The lowest BCUT2D eigenvalue weighted by Gasteiger charge is -2.03. The van der Waals surface area contributed by atoms with Gasteiger partial charge in [-0.05, 0) is 30.5 Å². The van der Waals surface area contributed by atoms with Gasteiger partial charge in [0.2, 0.25) is 0 Å². The number of nitrogens with two attached hydrogens (primary N) is 1. The van der Waals surface area contributed by atoms with E-state index in [0.29, 0.717) is 17.6 Å². The molecule has 0 aliphatic heterocycles. The van der Waals surface area contributed by atoms with Gasteiger partial charge in [-0.25, -0.2) is 0 Å². The standard InChI is InChI=1S/C12H17N3O/c1-8(2)5-6-14-12-15-10-7-9(13)3-4-11(10)16-12/h3-4,7-8H,5-6,13H2,1-2H3,(H,14,15). The number of rotatable bonds is 4. The zero-order chi connectivity index (χ0) is 11.5. The Morgan fingerprint density at radius 3 is 3.00 bits per heavy atom. The fourth-order valence-electron chi connectivity index (χ4n) is 1.49. The minimum atomic E-state index is 0.571. The lowest BCUT2D eigenvalue weighted by atomic mass is 10.1. The second kappa shape index (κ2) is 4.43. The average Bonchev–Trinajstić information content (AvgIpc) is 2.58. The van der Waals surface area contributed by atoms with E-state index in [1.54, 1.807) is 0 Å². The number of aromatic nitrogens is 1. The van der Waals surface area contributed by atoms with E-state index in [0.717, 1.165) is 24.1 Å². The summed E-state index contributed by atoms with van der Waals surface area (Å²) in [5.74, 6) is 0.674. The largest absolute Gasteiger partial charge is 0.424 e. The van der Waals surface area contributed by atoms with Crippen molar-refractivity contribution in [1.29, 1.82) is 0 Å². The molecule has 0 amide bonds. The van der Waals surface area contributed by atoms with Gasteiger partial charge in [-0.2, -0.15) is 4.98 Å². The first kappa shape index (κ1) is 10.8. The molecule has 2 aromatic rings. The summed E-state index contributed by atoms with van der Waals surface area (Å²) < 4.78 is 5.53. The first-order valence-electron chi connectivity index (χ1n) is 5.55. The molecule has 0 aliphatic carbocycles. The third-order valence-corrected chi connectivity index (χ3v) is 2.41. The van der Waals surface area contributed by atoms with Crippen LogP contribution in [-0.2, 0) is 0 Å². The van der Waals surface area contributed by atoms with E-state index in [2.05, 4.69) is 24.1 Å².